The quantitative estimate of drug-likeness (QED) is 0.725. The van der Waals surface area contributed by atoms with Crippen LogP contribution in [0.25, 0.3) is 0 Å². The minimum Gasteiger partial charge on any atom is -0.355 e. The van der Waals surface area contributed by atoms with Crippen molar-refractivity contribution in [3.8, 4) is 0 Å². The summed E-state index contributed by atoms with van der Waals surface area (Å²) >= 11 is 5.29. The highest BCUT2D eigenvalue weighted by Crippen LogP contribution is 1.94. The molecule has 0 saturated carbocycles. The van der Waals surface area contributed by atoms with E-state index in [-0.39, 0.29) is 24.1 Å². The summed E-state index contributed by atoms with van der Waals surface area (Å²) in [4.78, 5) is 26.1. The van der Waals surface area contributed by atoms with Crippen molar-refractivity contribution in [2.24, 2.45) is 0 Å². The van der Waals surface area contributed by atoms with Gasteiger partial charge in [0, 0.05) is 31.9 Å². The second-order valence-electron chi connectivity index (χ2n) is 3.37. The standard InChI is InChI=1S/C11H14ClN3O2/c12-6-11(17)14-5-3-10(16)15-8-9-2-1-4-13-7-9/h1-2,4,7H,3,5-6,8H2,(H,14,17)(H,15,16). The number of carbonyl (C=O) groups excluding carboxylic acids is 2. The van der Waals surface area contributed by atoms with Crippen LogP contribution in [0.2, 0.25) is 0 Å². The number of hydrogen-bond acceptors (Lipinski definition) is 3. The molecular weight excluding hydrogens is 242 g/mol. The molecular formula is C11H14ClN3O2. The van der Waals surface area contributed by atoms with Gasteiger partial charge in [-0.15, -0.1) is 11.6 Å². The summed E-state index contributed by atoms with van der Waals surface area (Å²) in [6, 6.07) is 3.69. The van der Waals surface area contributed by atoms with Gasteiger partial charge in [-0.25, -0.2) is 0 Å². The first kappa shape index (κ1) is 13.4. The summed E-state index contributed by atoms with van der Waals surface area (Å²) in [5.41, 5.74) is 0.936. The number of rotatable bonds is 6. The van der Waals surface area contributed by atoms with E-state index in [0.29, 0.717) is 13.1 Å². The molecule has 0 atom stereocenters. The van der Waals surface area contributed by atoms with Crippen LogP contribution in [0.5, 0.6) is 0 Å². The molecule has 6 heteroatoms. The van der Waals surface area contributed by atoms with Crippen molar-refractivity contribution in [1.82, 2.24) is 15.6 Å². The average molecular weight is 256 g/mol. The number of pyridine rings is 1. The number of nitrogens with one attached hydrogen (secondary N) is 2. The van der Waals surface area contributed by atoms with Gasteiger partial charge in [0.2, 0.25) is 11.8 Å². The van der Waals surface area contributed by atoms with Crippen LogP contribution in [0.3, 0.4) is 0 Å². The molecule has 1 aromatic rings. The highest BCUT2D eigenvalue weighted by molar-refractivity contribution is 6.27. The molecule has 17 heavy (non-hydrogen) atoms. The van der Waals surface area contributed by atoms with Gasteiger partial charge in [-0.1, -0.05) is 6.07 Å². The van der Waals surface area contributed by atoms with Crippen molar-refractivity contribution in [2.75, 3.05) is 12.4 Å². The zero-order valence-corrected chi connectivity index (χ0v) is 10.0. The van der Waals surface area contributed by atoms with E-state index in [9.17, 15) is 9.59 Å². The second kappa shape index (κ2) is 7.62. The van der Waals surface area contributed by atoms with E-state index in [1.807, 2.05) is 12.1 Å². The molecule has 5 nitrogen and oxygen atoms in total. The van der Waals surface area contributed by atoms with Crippen LogP contribution in [-0.2, 0) is 16.1 Å². The lowest BCUT2D eigenvalue weighted by Gasteiger charge is -2.05. The lowest BCUT2D eigenvalue weighted by atomic mass is 10.3. The number of carbonyl (C=O) groups is 2. The second-order valence-corrected chi connectivity index (χ2v) is 3.64. The molecule has 0 bridgehead atoms. The van der Waals surface area contributed by atoms with Crippen LogP contribution in [-0.4, -0.2) is 29.2 Å². The number of hydrogen-bond donors (Lipinski definition) is 2. The third-order valence-corrected chi connectivity index (χ3v) is 2.25. The van der Waals surface area contributed by atoms with Crippen molar-refractivity contribution in [3.63, 3.8) is 0 Å². The van der Waals surface area contributed by atoms with Gasteiger partial charge in [0.15, 0.2) is 0 Å². The Morgan fingerprint density at radius 3 is 2.76 bits per heavy atom. The van der Waals surface area contributed by atoms with Crippen molar-refractivity contribution in [1.29, 1.82) is 0 Å². The average Bonchev–Trinajstić information content (AvgIpc) is 2.37. The Bertz CT molecular complexity index is 370. The molecule has 2 amide bonds. The SMILES string of the molecule is O=C(CCl)NCCC(=O)NCc1cccnc1. The molecule has 2 N–H and O–H groups in total. The van der Waals surface area contributed by atoms with Gasteiger partial charge in [0.1, 0.15) is 5.88 Å². The summed E-state index contributed by atoms with van der Waals surface area (Å²) in [7, 11) is 0. The predicted molar refractivity (Wildman–Crippen MR) is 64.4 cm³/mol. The molecule has 0 aromatic carbocycles. The Balaban J connectivity index is 2.16. The summed E-state index contributed by atoms with van der Waals surface area (Å²) in [6.45, 7) is 0.737. The maximum Gasteiger partial charge on any atom is 0.234 e. The van der Waals surface area contributed by atoms with Crippen LogP contribution in [0.1, 0.15) is 12.0 Å². The fourth-order valence-corrected chi connectivity index (χ4v) is 1.25. The molecule has 1 rings (SSSR count). The van der Waals surface area contributed by atoms with Crippen molar-refractivity contribution in [3.05, 3.63) is 30.1 Å². The lowest BCUT2D eigenvalue weighted by molar-refractivity contribution is -0.121. The molecule has 0 unspecified atom stereocenters. The Kier molecular flexibility index (Phi) is 6.03. The monoisotopic (exact) mass is 255 g/mol. The molecule has 0 fully saturated rings. The van der Waals surface area contributed by atoms with Gasteiger partial charge >= 0.3 is 0 Å². The Morgan fingerprint density at radius 2 is 2.12 bits per heavy atom. The molecule has 1 aromatic heterocycles. The van der Waals surface area contributed by atoms with Crippen molar-refractivity contribution < 1.29 is 9.59 Å². The van der Waals surface area contributed by atoms with E-state index >= 15 is 0 Å². The fraction of sp³-hybridized carbons (Fsp3) is 0.364. The first-order valence-corrected chi connectivity index (χ1v) is 5.74. The number of alkyl halides is 1. The minimum absolute atomic E-state index is 0.0860. The zero-order chi connectivity index (χ0) is 12.5. The molecule has 0 aliphatic heterocycles. The number of amides is 2. The minimum atomic E-state index is -0.272. The van der Waals surface area contributed by atoms with Gasteiger partial charge in [-0.3, -0.25) is 14.6 Å². The van der Waals surface area contributed by atoms with Crippen molar-refractivity contribution in [2.45, 2.75) is 13.0 Å². The smallest absolute Gasteiger partial charge is 0.234 e. The van der Waals surface area contributed by atoms with E-state index in [0.717, 1.165) is 5.56 Å². The summed E-state index contributed by atoms with van der Waals surface area (Å²) in [5.74, 6) is -0.479. The van der Waals surface area contributed by atoms with Crippen LogP contribution in [0.4, 0.5) is 0 Å². The molecule has 0 spiro atoms. The lowest BCUT2D eigenvalue weighted by Crippen LogP contribution is -2.31. The first-order valence-electron chi connectivity index (χ1n) is 5.20. The largest absolute Gasteiger partial charge is 0.355 e. The molecule has 1 heterocycles. The summed E-state index contributed by atoms with van der Waals surface area (Å²) in [6.07, 6.45) is 3.60. The van der Waals surface area contributed by atoms with E-state index < -0.39 is 0 Å². The molecule has 0 aliphatic carbocycles. The molecule has 0 aliphatic rings. The number of halogens is 1. The van der Waals surface area contributed by atoms with E-state index in [2.05, 4.69) is 15.6 Å². The predicted octanol–water partition coefficient (Wildman–Crippen LogP) is 0.443. The molecule has 0 radical (unpaired) electrons. The molecule has 92 valence electrons. The van der Waals surface area contributed by atoms with Gasteiger partial charge in [-0.2, -0.15) is 0 Å². The maximum absolute atomic E-state index is 11.4. The van der Waals surface area contributed by atoms with Crippen LogP contribution in [0.15, 0.2) is 24.5 Å². The number of aromatic nitrogens is 1. The van der Waals surface area contributed by atoms with Crippen LogP contribution >= 0.6 is 11.6 Å². The van der Waals surface area contributed by atoms with E-state index in [1.165, 1.54) is 0 Å². The zero-order valence-electron chi connectivity index (χ0n) is 9.28. The molecule has 0 saturated heterocycles. The van der Waals surface area contributed by atoms with Gasteiger partial charge in [0.25, 0.3) is 0 Å². The highest BCUT2D eigenvalue weighted by Gasteiger charge is 2.02. The van der Waals surface area contributed by atoms with Crippen molar-refractivity contribution >= 4 is 23.4 Å². The van der Waals surface area contributed by atoms with Crippen LogP contribution < -0.4 is 10.6 Å². The van der Waals surface area contributed by atoms with E-state index in [4.69, 9.17) is 11.6 Å². The third-order valence-electron chi connectivity index (χ3n) is 2.01. The van der Waals surface area contributed by atoms with Crippen LogP contribution in [0, 0.1) is 0 Å². The first-order chi connectivity index (χ1) is 8.22. The number of nitrogens with zero attached hydrogens (tertiary/aromatic N) is 1. The van der Waals surface area contributed by atoms with Gasteiger partial charge in [-0.05, 0) is 11.6 Å². The van der Waals surface area contributed by atoms with Gasteiger partial charge < -0.3 is 10.6 Å². The maximum atomic E-state index is 11.4. The summed E-state index contributed by atoms with van der Waals surface area (Å²) < 4.78 is 0. The fourth-order valence-electron chi connectivity index (χ4n) is 1.15. The Hall–Kier alpha value is -1.62. The Labute approximate surface area is 105 Å². The van der Waals surface area contributed by atoms with E-state index in [1.54, 1.807) is 12.4 Å². The third kappa shape index (κ3) is 5.87. The summed E-state index contributed by atoms with van der Waals surface area (Å²) in [5, 5.41) is 5.24. The highest BCUT2D eigenvalue weighted by atomic mass is 35.5. The topological polar surface area (TPSA) is 71.1 Å². The van der Waals surface area contributed by atoms with Gasteiger partial charge in [0.05, 0.1) is 0 Å². The Morgan fingerprint density at radius 1 is 1.29 bits per heavy atom. The normalized spacial score (nSPS) is 9.71.